The van der Waals surface area contributed by atoms with Gasteiger partial charge in [0.05, 0.1) is 0 Å². The maximum absolute atomic E-state index is 11.1. The van der Waals surface area contributed by atoms with Crippen LogP contribution < -0.4 is 10.6 Å². The molecule has 11 heavy (non-hydrogen) atoms. The van der Waals surface area contributed by atoms with Crippen molar-refractivity contribution in [1.82, 2.24) is 10.6 Å². The molecule has 0 aliphatic rings. The first-order chi connectivity index (χ1) is 5.04. The zero-order valence-electron chi connectivity index (χ0n) is 6.58. The van der Waals surface area contributed by atoms with Gasteiger partial charge in [0.2, 0.25) is 5.91 Å². The number of hydrogen-bond acceptors (Lipinski definition) is 4. The van der Waals surface area contributed by atoms with Crippen molar-refractivity contribution in [2.45, 2.75) is 6.92 Å². The average molecular weight is 182 g/mol. The van der Waals surface area contributed by atoms with Crippen molar-refractivity contribution in [2.24, 2.45) is 0 Å². The molecule has 0 aromatic heterocycles. The average Bonchev–Trinajstić information content (AvgIpc) is 2.00. The minimum atomic E-state index is -3.32. The zero-order chi connectivity index (χ0) is 8.91. The molecule has 6 nitrogen and oxygen atoms in total. The molecule has 0 saturated carbocycles. The molecule has 0 unspecified atom stereocenters. The van der Waals surface area contributed by atoms with Crippen molar-refractivity contribution in [3.63, 3.8) is 0 Å². The first-order valence-electron chi connectivity index (χ1n) is 2.79. The minimum Gasteiger partial charge on any atom is -0.299 e. The van der Waals surface area contributed by atoms with Crippen LogP contribution in [0.5, 0.6) is 0 Å². The third-order valence-electron chi connectivity index (χ3n) is 0.850. The quantitative estimate of drug-likeness (QED) is 0.473. The molecule has 1 amide bonds. The van der Waals surface area contributed by atoms with Gasteiger partial charge in [-0.05, 0) is 0 Å². The van der Waals surface area contributed by atoms with Crippen LogP contribution >= 0.6 is 7.75 Å². The topological polar surface area (TPSA) is 76.7 Å². The second-order valence-electron chi connectivity index (χ2n) is 1.66. The maximum Gasteiger partial charge on any atom is 0.422 e. The maximum atomic E-state index is 11.1. The minimum absolute atomic E-state index is 0.376. The van der Waals surface area contributed by atoms with E-state index < -0.39 is 7.75 Å². The van der Waals surface area contributed by atoms with E-state index in [-0.39, 0.29) is 5.91 Å². The second-order valence-corrected chi connectivity index (χ2v) is 3.60. The fourth-order valence-electron chi connectivity index (χ4n) is 0.313. The second kappa shape index (κ2) is 4.46. The molecule has 66 valence electrons. The van der Waals surface area contributed by atoms with E-state index in [2.05, 4.69) is 19.7 Å². The van der Waals surface area contributed by atoms with Crippen molar-refractivity contribution in [1.29, 1.82) is 0 Å². The molecule has 0 aliphatic heterocycles. The van der Waals surface area contributed by atoms with Gasteiger partial charge < -0.3 is 0 Å². The van der Waals surface area contributed by atoms with Gasteiger partial charge in [-0.3, -0.25) is 19.3 Å². The van der Waals surface area contributed by atoms with Crippen molar-refractivity contribution in [2.75, 3.05) is 14.2 Å². The van der Waals surface area contributed by atoms with Gasteiger partial charge in [0.1, 0.15) is 0 Å². The first-order valence-corrected chi connectivity index (χ1v) is 4.33. The summed E-state index contributed by atoms with van der Waals surface area (Å²) >= 11 is 0. The Hall–Kier alpha value is -0.420. The molecule has 0 spiro atoms. The number of carbonyl (C=O) groups is 1. The number of carbonyl (C=O) groups excluding carboxylic acids is 1. The molecule has 0 bridgehead atoms. The lowest BCUT2D eigenvalue weighted by Crippen LogP contribution is -2.33. The van der Waals surface area contributed by atoms with Crippen LogP contribution in [-0.2, 0) is 18.4 Å². The van der Waals surface area contributed by atoms with Gasteiger partial charge in [-0.25, -0.2) is 4.57 Å². The van der Waals surface area contributed by atoms with Crippen LogP contribution in [0.1, 0.15) is 6.92 Å². The Morgan fingerprint density at radius 2 is 1.82 bits per heavy atom. The lowest BCUT2D eigenvalue weighted by molar-refractivity contribution is -0.119. The van der Waals surface area contributed by atoms with Crippen LogP contribution in [0.2, 0.25) is 0 Å². The molecule has 0 radical (unpaired) electrons. The van der Waals surface area contributed by atoms with Crippen LogP contribution in [0.3, 0.4) is 0 Å². The van der Waals surface area contributed by atoms with Gasteiger partial charge in [0, 0.05) is 21.1 Å². The number of hydrogen-bond donors (Lipinski definition) is 2. The normalized spacial score (nSPS) is 11.2. The first kappa shape index (κ1) is 10.6. The summed E-state index contributed by atoms with van der Waals surface area (Å²) in [6.45, 7) is 1.27. The summed E-state index contributed by atoms with van der Waals surface area (Å²) in [6.07, 6.45) is 0. The standard InChI is InChI=1S/C4H11N2O4P/c1-4(7)5-6-11(8,9-2)10-3/h1-3H3,(H,5,7)(H,6,8). The van der Waals surface area contributed by atoms with Crippen LogP contribution in [0.15, 0.2) is 0 Å². The summed E-state index contributed by atoms with van der Waals surface area (Å²) in [5.74, 6) is -0.376. The third-order valence-corrected chi connectivity index (χ3v) is 2.20. The predicted octanol–water partition coefficient (Wildman–Crippen LogP) is 0.0280. The lowest BCUT2D eigenvalue weighted by atomic mass is 10.8. The van der Waals surface area contributed by atoms with E-state index >= 15 is 0 Å². The fourth-order valence-corrected chi connectivity index (χ4v) is 0.939. The van der Waals surface area contributed by atoms with Gasteiger partial charge in [-0.1, -0.05) is 0 Å². The number of nitrogens with one attached hydrogen (secondary N) is 2. The van der Waals surface area contributed by atoms with Gasteiger partial charge in [0.25, 0.3) is 0 Å². The van der Waals surface area contributed by atoms with E-state index in [1.54, 1.807) is 0 Å². The molecular weight excluding hydrogens is 171 g/mol. The molecule has 0 atom stereocenters. The van der Waals surface area contributed by atoms with Gasteiger partial charge in [-0.2, -0.15) is 0 Å². The fraction of sp³-hybridized carbons (Fsp3) is 0.750. The van der Waals surface area contributed by atoms with Gasteiger partial charge in [-0.15, -0.1) is 5.20 Å². The molecule has 0 rings (SSSR count). The van der Waals surface area contributed by atoms with E-state index in [4.69, 9.17) is 0 Å². The molecule has 2 N–H and O–H groups in total. The molecule has 0 aliphatic carbocycles. The third kappa shape index (κ3) is 4.10. The van der Waals surface area contributed by atoms with Crippen LogP contribution in [0, 0.1) is 0 Å². The monoisotopic (exact) mass is 182 g/mol. The smallest absolute Gasteiger partial charge is 0.299 e. The summed E-state index contributed by atoms with van der Waals surface area (Å²) < 4.78 is 20.0. The Balaban J connectivity index is 3.89. The molecule has 0 heterocycles. The molecule has 0 aromatic carbocycles. The van der Waals surface area contributed by atoms with Crippen LogP contribution in [0.25, 0.3) is 0 Å². The highest BCUT2D eigenvalue weighted by molar-refractivity contribution is 7.51. The van der Waals surface area contributed by atoms with E-state index in [1.807, 2.05) is 0 Å². The van der Waals surface area contributed by atoms with Crippen molar-refractivity contribution < 1.29 is 18.4 Å². The number of amides is 1. The Morgan fingerprint density at radius 3 is 2.09 bits per heavy atom. The number of hydrazine groups is 1. The Labute approximate surface area is 64.8 Å². The SMILES string of the molecule is COP(=O)(NNC(C)=O)OC. The largest absolute Gasteiger partial charge is 0.422 e. The molecule has 0 fully saturated rings. The summed E-state index contributed by atoms with van der Waals surface area (Å²) in [7, 11) is -0.902. The number of rotatable bonds is 4. The Morgan fingerprint density at radius 1 is 1.36 bits per heavy atom. The predicted molar refractivity (Wildman–Crippen MR) is 38.6 cm³/mol. The Bertz CT molecular complexity index is 175. The molecule has 0 aromatic rings. The summed E-state index contributed by atoms with van der Waals surface area (Å²) in [4.78, 5) is 10.3. The summed E-state index contributed by atoms with van der Waals surface area (Å²) in [6, 6.07) is 0. The van der Waals surface area contributed by atoms with E-state index in [9.17, 15) is 9.36 Å². The molecule has 7 heteroatoms. The van der Waals surface area contributed by atoms with E-state index in [0.717, 1.165) is 0 Å². The van der Waals surface area contributed by atoms with E-state index in [1.165, 1.54) is 21.1 Å². The van der Waals surface area contributed by atoms with Crippen LogP contribution in [0.4, 0.5) is 0 Å². The highest BCUT2D eigenvalue weighted by Gasteiger charge is 2.20. The Kier molecular flexibility index (Phi) is 4.29. The highest BCUT2D eigenvalue weighted by Crippen LogP contribution is 2.39. The van der Waals surface area contributed by atoms with E-state index in [0.29, 0.717) is 0 Å². The van der Waals surface area contributed by atoms with Crippen molar-refractivity contribution in [3.05, 3.63) is 0 Å². The molecule has 0 saturated heterocycles. The van der Waals surface area contributed by atoms with Gasteiger partial charge in [0.15, 0.2) is 0 Å². The van der Waals surface area contributed by atoms with Gasteiger partial charge >= 0.3 is 7.75 Å². The highest BCUT2D eigenvalue weighted by atomic mass is 31.2. The summed E-state index contributed by atoms with van der Waals surface area (Å²) in [5, 5.41) is 2.11. The van der Waals surface area contributed by atoms with Crippen molar-refractivity contribution in [3.8, 4) is 0 Å². The van der Waals surface area contributed by atoms with Crippen LogP contribution in [-0.4, -0.2) is 20.1 Å². The molecular formula is C4H11N2O4P. The van der Waals surface area contributed by atoms with Crippen molar-refractivity contribution >= 4 is 13.7 Å². The lowest BCUT2D eigenvalue weighted by Gasteiger charge is -2.13. The zero-order valence-corrected chi connectivity index (χ0v) is 7.47. The summed E-state index contributed by atoms with van der Waals surface area (Å²) in [5.41, 5.74) is 2.09.